The normalized spacial score (nSPS) is 12.4. The highest BCUT2D eigenvalue weighted by molar-refractivity contribution is 5.86. The molecule has 1 atom stereocenters. The van der Waals surface area contributed by atoms with Gasteiger partial charge in [0, 0.05) is 23.3 Å². The minimum atomic E-state index is -1.17. The van der Waals surface area contributed by atoms with Gasteiger partial charge in [-0.1, -0.05) is 24.3 Å². The van der Waals surface area contributed by atoms with Crippen LogP contribution >= 0.6 is 0 Å². The Morgan fingerprint density at radius 3 is 2.70 bits per heavy atom. The smallest absolute Gasteiger partial charge is 0.371 e. The third-order valence-electron chi connectivity index (χ3n) is 3.10. The van der Waals surface area contributed by atoms with Crippen LogP contribution in [0.4, 0.5) is 0 Å². The fourth-order valence-corrected chi connectivity index (χ4v) is 2.13. The van der Waals surface area contributed by atoms with Gasteiger partial charge in [0.25, 0.3) is 0 Å². The molecule has 0 amide bonds. The summed E-state index contributed by atoms with van der Waals surface area (Å²) in [7, 11) is 0. The van der Waals surface area contributed by atoms with E-state index in [0.717, 1.165) is 10.8 Å². The number of aliphatic hydroxyl groups excluding tert-OH is 1. The number of fused-ring (bicyclic) bond motifs is 1. The zero-order chi connectivity index (χ0) is 14.1. The molecule has 0 fully saturated rings. The van der Waals surface area contributed by atoms with Crippen molar-refractivity contribution in [1.82, 2.24) is 4.98 Å². The Morgan fingerprint density at radius 2 is 1.95 bits per heavy atom. The highest BCUT2D eigenvalue weighted by atomic mass is 16.4. The number of nitrogens with zero attached hydrogens (tertiary/aromatic N) is 1. The van der Waals surface area contributed by atoms with Crippen molar-refractivity contribution in [2.24, 2.45) is 0 Å². The Bertz CT molecular complexity index is 773. The summed E-state index contributed by atoms with van der Waals surface area (Å²) in [6.45, 7) is 0. The average molecular weight is 269 g/mol. The number of carboxylic acids is 1. The van der Waals surface area contributed by atoms with E-state index in [-0.39, 0.29) is 11.5 Å². The Labute approximate surface area is 114 Å². The standard InChI is InChI=1S/C15H11NO4/c17-14(12-5-6-13(20-12)15(18)19)11-8-16-7-9-3-1-2-4-10(9)11/h1-8,14,17H,(H,18,19). The lowest BCUT2D eigenvalue weighted by molar-refractivity contribution is 0.0655. The van der Waals surface area contributed by atoms with Crippen LogP contribution in [0.15, 0.2) is 53.2 Å². The molecule has 0 spiro atoms. The zero-order valence-corrected chi connectivity index (χ0v) is 10.4. The molecule has 20 heavy (non-hydrogen) atoms. The maximum Gasteiger partial charge on any atom is 0.371 e. The van der Waals surface area contributed by atoms with E-state index in [1.54, 1.807) is 12.4 Å². The molecular weight excluding hydrogens is 258 g/mol. The number of hydrogen-bond acceptors (Lipinski definition) is 4. The Hall–Kier alpha value is -2.66. The molecule has 2 N–H and O–H groups in total. The number of pyridine rings is 1. The van der Waals surface area contributed by atoms with Crippen LogP contribution in [-0.4, -0.2) is 21.2 Å². The van der Waals surface area contributed by atoms with E-state index in [4.69, 9.17) is 9.52 Å². The van der Waals surface area contributed by atoms with E-state index < -0.39 is 12.1 Å². The highest BCUT2D eigenvalue weighted by Crippen LogP contribution is 2.29. The van der Waals surface area contributed by atoms with Crippen LogP contribution in [0.2, 0.25) is 0 Å². The van der Waals surface area contributed by atoms with Crippen LogP contribution in [0.5, 0.6) is 0 Å². The highest BCUT2D eigenvalue weighted by Gasteiger charge is 2.19. The monoisotopic (exact) mass is 269 g/mol. The molecule has 0 bridgehead atoms. The fraction of sp³-hybridized carbons (Fsp3) is 0.0667. The number of benzene rings is 1. The maximum atomic E-state index is 10.8. The number of aromatic nitrogens is 1. The number of hydrogen-bond donors (Lipinski definition) is 2. The van der Waals surface area contributed by atoms with Crippen LogP contribution < -0.4 is 0 Å². The predicted octanol–water partition coefficient (Wildman–Crippen LogP) is 2.61. The summed E-state index contributed by atoms with van der Waals surface area (Å²) < 4.78 is 5.13. The zero-order valence-electron chi connectivity index (χ0n) is 10.4. The third kappa shape index (κ3) is 2.04. The summed E-state index contributed by atoms with van der Waals surface area (Å²) >= 11 is 0. The molecule has 0 radical (unpaired) electrons. The van der Waals surface area contributed by atoms with Crippen LogP contribution in [0.25, 0.3) is 10.8 Å². The second kappa shape index (κ2) is 4.79. The van der Waals surface area contributed by atoms with Crippen molar-refractivity contribution in [1.29, 1.82) is 0 Å². The van der Waals surface area contributed by atoms with E-state index in [0.29, 0.717) is 5.56 Å². The van der Waals surface area contributed by atoms with Gasteiger partial charge >= 0.3 is 5.97 Å². The SMILES string of the molecule is O=C(O)c1ccc(C(O)c2cncc3ccccc23)o1. The van der Waals surface area contributed by atoms with Gasteiger partial charge in [0.05, 0.1) is 0 Å². The van der Waals surface area contributed by atoms with Crippen molar-refractivity contribution in [3.63, 3.8) is 0 Å². The van der Waals surface area contributed by atoms with Gasteiger partial charge in [-0.2, -0.15) is 0 Å². The number of carbonyl (C=O) groups is 1. The van der Waals surface area contributed by atoms with E-state index in [9.17, 15) is 9.90 Å². The largest absolute Gasteiger partial charge is 0.475 e. The van der Waals surface area contributed by atoms with E-state index in [1.165, 1.54) is 12.1 Å². The summed E-state index contributed by atoms with van der Waals surface area (Å²) in [5.74, 6) is -1.19. The number of aliphatic hydroxyl groups is 1. The number of rotatable bonds is 3. The molecule has 1 unspecified atom stereocenters. The van der Waals surface area contributed by atoms with Crippen molar-refractivity contribution in [2.45, 2.75) is 6.10 Å². The number of aromatic carboxylic acids is 1. The molecule has 3 aromatic rings. The summed E-state index contributed by atoms with van der Waals surface area (Å²) in [5, 5.41) is 20.9. The molecule has 3 rings (SSSR count). The van der Waals surface area contributed by atoms with Crippen molar-refractivity contribution in [2.75, 3.05) is 0 Å². The molecule has 0 aliphatic rings. The third-order valence-corrected chi connectivity index (χ3v) is 3.10. The van der Waals surface area contributed by atoms with E-state index in [1.807, 2.05) is 24.3 Å². The van der Waals surface area contributed by atoms with Gasteiger partial charge in [0.2, 0.25) is 5.76 Å². The van der Waals surface area contributed by atoms with Crippen LogP contribution in [-0.2, 0) is 0 Å². The van der Waals surface area contributed by atoms with Crippen molar-refractivity contribution in [3.8, 4) is 0 Å². The molecular formula is C15H11NO4. The van der Waals surface area contributed by atoms with E-state index >= 15 is 0 Å². The summed E-state index contributed by atoms with van der Waals surface area (Å²) in [4.78, 5) is 14.9. The molecule has 0 saturated heterocycles. The lowest BCUT2D eigenvalue weighted by Crippen LogP contribution is -2.00. The molecule has 5 nitrogen and oxygen atoms in total. The molecule has 5 heteroatoms. The second-order valence-corrected chi connectivity index (χ2v) is 4.36. The van der Waals surface area contributed by atoms with Crippen molar-refractivity contribution in [3.05, 3.63) is 65.9 Å². The van der Waals surface area contributed by atoms with Crippen LogP contribution in [0.3, 0.4) is 0 Å². The average Bonchev–Trinajstić information content (AvgIpc) is 2.96. The molecule has 2 heterocycles. The first kappa shape index (κ1) is 12.4. The van der Waals surface area contributed by atoms with Gasteiger partial charge in [-0.3, -0.25) is 4.98 Å². The molecule has 0 saturated carbocycles. The van der Waals surface area contributed by atoms with Crippen molar-refractivity contribution < 1.29 is 19.4 Å². The lowest BCUT2D eigenvalue weighted by Gasteiger charge is -2.10. The van der Waals surface area contributed by atoms with Crippen LogP contribution in [0.1, 0.15) is 28.0 Å². The lowest BCUT2D eigenvalue weighted by atomic mass is 10.0. The second-order valence-electron chi connectivity index (χ2n) is 4.36. The minimum absolute atomic E-state index is 0.181. The predicted molar refractivity (Wildman–Crippen MR) is 71.5 cm³/mol. The topological polar surface area (TPSA) is 83.6 Å². The molecule has 100 valence electrons. The van der Waals surface area contributed by atoms with Gasteiger partial charge in [0.1, 0.15) is 11.9 Å². The maximum absolute atomic E-state index is 10.8. The Kier molecular flexibility index (Phi) is 2.96. The summed E-state index contributed by atoms with van der Waals surface area (Å²) in [6, 6.07) is 10.3. The number of carboxylic acid groups (broad SMARTS) is 1. The first-order valence-electron chi connectivity index (χ1n) is 6.00. The van der Waals surface area contributed by atoms with Gasteiger partial charge in [-0.25, -0.2) is 4.79 Å². The van der Waals surface area contributed by atoms with Crippen LogP contribution in [0, 0.1) is 0 Å². The molecule has 0 aliphatic carbocycles. The number of furan rings is 1. The quantitative estimate of drug-likeness (QED) is 0.763. The van der Waals surface area contributed by atoms with E-state index in [2.05, 4.69) is 4.98 Å². The van der Waals surface area contributed by atoms with Crippen molar-refractivity contribution >= 4 is 16.7 Å². The van der Waals surface area contributed by atoms with Gasteiger partial charge < -0.3 is 14.6 Å². The fourth-order valence-electron chi connectivity index (χ4n) is 2.13. The summed E-state index contributed by atoms with van der Waals surface area (Å²) in [6.07, 6.45) is 2.20. The molecule has 0 aliphatic heterocycles. The first-order valence-corrected chi connectivity index (χ1v) is 6.00. The molecule has 2 aromatic heterocycles. The first-order chi connectivity index (χ1) is 9.66. The Balaban J connectivity index is 2.07. The summed E-state index contributed by atoms with van der Waals surface area (Å²) in [5.41, 5.74) is 0.578. The van der Waals surface area contributed by atoms with Gasteiger partial charge in [-0.05, 0) is 17.5 Å². The van der Waals surface area contributed by atoms with Gasteiger partial charge in [-0.15, -0.1) is 0 Å². The molecule has 1 aromatic carbocycles. The Morgan fingerprint density at radius 1 is 1.15 bits per heavy atom. The minimum Gasteiger partial charge on any atom is -0.475 e. The van der Waals surface area contributed by atoms with Gasteiger partial charge in [0.15, 0.2) is 0 Å².